The van der Waals surface area contributed by atoms with Crippen LogP contribution in [0.25, 0.3) is 11.3 Å². The summed E-state index contributed by atoms with van der Waals surface area (Å²) < 4.78 is 1.53. The summed E-state index contributed by atoms with van der Waals surface area (Å²) in [6, 6.07) is 6.93. The van der Waals surface area contributed by atoms with Crippen LogP contribution in [0.1, 0.15) is 0 Å². The van der Waals surface area contributed by atoms with Gasteiger partial charge in [-0.05, 0) is 12.1 Å². The average Bonchev–Trinajstić information content (AvgIpc) is 2.68. The Morgan fingerprint density at radius 3 is 2.80 bits per heavy atom. The zero-order chi connectivity index (χ0) is 10.7. The molecule has 0 amide bonds. The lowest BCUT2D eigenvalue weighted by Crippen LogP contribution is -2.01. The molecule has 0 radical (unpaired) electrons. The van der Waals surface area contributed by atoms with Crippen LogP contribution < -0.4 is 0 Å². The molecule has 15 heavy (non-hydrogen) atoms. The van der Waals surface area contributed by atoms with Crippen molar-refractivity contribution in [2.24, 2.45) is 0 Å². The van der Waals surface area contributed by atoms with E-state index in [0.29, 0.717) is 17.8 Å². The van der Waals surface area contributed by atoms with E-state index in [1.54, 1.807) is 24.4 Å². The Morgan fingerprint density at radius 1 is 1.27 bits per heavy atom. The second kappa shape index (κ2) is 4.10. The van der Waals surface area contributed by atoms with Crippen LogP contribution in [0.2, 0.25) is 0 Å². The van der Waals surface area contributed by atoms with Crippen molar-refractivity contribution in [1.29, 1.82) is 0 Å². The maximum Gasteiger partial charge on any atom is 0.125 e. The number of hydrogen-bond donors (Lipinski definition) is 2. The van der Waals surface area contributed by atoms with E-state index in [4.69, 9.17) is 5.11 Å². The van der Waals surface area contributed by atoms with Crippen LogP contribution in [-0.2, 0) is 6.54 Å². The Hall–Kier alpha value is -1.88. The summed E-state index contributed by atoms with van der Waals surface area (Å²) in [5, 5.41) is 26.0. The molecule has 5 heteroatoms. The molecule has 5 nitrogen and oxygen atoms in total. The molecule has 2 rings (SSSR count). The third-order valence-corrected chi connectivity index (χ3v) is 2.05. The fourth-order valence-electron chi connectivity index (χ4n) is 1.32. The van der Waals surface area contributed by atoms with E-state index in [1.807, 2.05) is 6.07 Å². The van der Waals surface area contributed by atoms with Crippen LogP contribution in [-0.4, -0.2) is 31.8 Å². The molecule has 0 unspecified atom stereocenters. The standard InChI is InChI=1S/C10H11N3O2/c14-6-5-13-7-9(11-12-13)8-3-1-2-4-10(8)15/h1-4,7,14-15H,5-6H2. The highest BCUT2D eigenvalue weighted by molar-refractivity contribution is 5.65. The van der Waals surface area contributed by atoms with Crippen LogP contribution >= 0.6 is 0 Å². The molecule has 0 aliphatic heterocycles. The minimum atomic E-state index is 0.0174. The highest BCUT2D eigenvalue weighted by atomic mass is 16.3. The number of aliphatic hydroxyl groups is 1. The van der Waals surface area contributed by atoms with E-state index in [-0.39, 0.29) is 12.4 Å². The topological polar surface area (TPSA) is 71.2 Å². The zero-order valence-electron chi connectivity index (χ0n) is 8.04. The zero-order valence-corrected chi connectivity index (χ0v) is 8.04. The molecule has 0 aliphatic carbocycles. The summed E-state index contributed by atoms with van der Waals surface area (Å²) in [4.78, 5) is 0. The molecule has 0 bridgehead atoms. The summed E-state index contributed by atoms with van der Waals surface area (Å²) in [7, 11) is 0. The first-order valence-corrected chi connectivity index (χ1v) is 4.60. The molecule has 0 spiro atoms. The number of aromatic nitrogens is 3. The van der Waals surface area contributed by atoms with E-state index in [0.717, 1.165) is 0 Å². The summed E-state index contributed by atoms with van der Waals surface area (Å²) in [6.45, 7) is 0.421. The van der Waals surface area contributed by atoms with Gasteiger partial charge in [0.2, 0.25) is 0 Å². The van der Waals surface area contributed by atoms with Gasteiger partial charge in [0, 0.05) is 5.56 Å². The van der Waals surface area contributed by atoms with Gasteiger partial charge >= 0.3 is 0 Å². The third kappa shape index (κ3) is 1.97. The number of nitrogens with zero attached hydrogens (tertiary/aromatic N) is 3. The number of benzene rings is 1. The first kappa shape index (κ1) is 9.67. The molecule has 1 aromatic carbocycles. The Labute approximate surface area is 86.6 Å². The predicted octanol–water partition coefficient (Wildman–Crippen LogP) is 0.643. The van der Waals surface area contributed by atoms with Gasteiger partial charge in [-0.25, -0.2) is 4.68 Å². The maximum absolute atomic E-state index is 9.58. The smallest absolute Gasteiger partial charge is 0.125 e. The largest absolute Gasteiger partial charge is 0.507 e. The minimum absolute atomic E-state index is 0.0174. The lowest BCUT2D eigenvalue weighted by atomic mass is 10.1. The number of hydrogen-bond acceptors (Lipinski definition) is 4. The Kier molecular flexibility index (Phi) is 2.64. The Morgan fingerprint density at radius 2 is 2.07 bits per heavy atom. The van der Waals surface area contributed by atoms with E-state index < -0.39 is 0 Å². The molecule has 1 aromatic heterocycles. The molecule has 2 aromatic rings. The van der Waals surface area contributed by atoms with E-state index in [2.05, 4.69) is 10.3 Å². The molecule has 0 atom stereocenters. The van der Waals surface area contributed by atoms with Crippen LogP contribution in [0.4, 0.5) is 0 Å². The van der Waals surface area contributed by atoms with E-state index >= 15 is 0 Å². The van der Waals surface area contributed by atoms with Crippen molar-refractivity contribution in [3.8, 4) is 17.0 Å². The van der Waals surface area contributed by atoms with Crippen LogP contribution in [0.5, 0.6) is 5.75 Å². The lowest BCUT2D eigenvalue weighted by molar-refractivity contribution is 0.268. The van der Waals surface area contributed by atoms with Crippen molar-refractivity contribution in [3.63, 3.8) is 0 Å². The van der Waals surface area contributed by atoms with Crippen molar-refractivity contribution in [2.75, 3.05) is 6.61 Å². The SMILES string of the molecule is OCCn1cc(-c2ccccc2O)nn1. The number of aliphatic hydroxyl groups excluding tert-OH is 1. The molecule has 0 saturated carbocycles. The summed E-state index contributed by atoms with van der Waals surface area (Å²) in [5.41, 5.74) is 1.24. The molecule has 1 heterocycles. The van der Waals surface area contributed by atoms with Crippen LogP contribution in [0.3, 0.4) is 0 Å². The number of phenolic OH excluding ortho intramolecular Hbond substituents is 1. The van der Waals surface area contributed by atoms with Gasteiger partial charge in [0.25, 0.3) is 0 Å². The van der Waals surface area contributed by atoms with Crippen molar-refractivity contribution >= 4 is 0 Å². The third-order valence-electron chi connectivity index (χ3n) is 2.05. The van der Waals surface area contributed by atoms with E-state index in [1.165, 1.54) is 4.68 Å². The second-order valence-electron chi connectivity index (χ2n) is 3.11. The van der Waals surface area contributed by atoms with Crippen molar-refractivity contribution < 1.29 is 10.2 Å². The summed E-state index contributed by atoms with van der Waals surface area (Å²) >= 11 is 0. The van der Waals surface area contributed by atoms with Crippen molar-refractivity contribution in [3.05, 3.63) is 30.5 Å². The summed E-state index contributed by atoms with van der Waals surface area (Å²) in [5.74, 6) is 0.175. The van der Waals surface area contributed by atoms with Crippen molar-refractivity contribution in [1.82, 2.24) is 15.0 Å². The van der Waals surface area contributed by atoms with Gasteiger partial charge in [0.15, 0.2) is 0 Å². The van der Waals surface area contributed by atoms with Crippen molar-refractivity contribution in [2.45, 2.75) is 6.54 Å². The van der Waals surface area contributed by atoms with Gasteiger partial charge < -0.3 is 10.2 Å². The van der Waals surface area contributed by atoms with Gasteiger partial charge in [0.1, 0.15) is 11.4 Å². The molecule has 2 N–H and O–H groups in total. The highest BCUT2D eigenvalue weighted by Gasteiger charge is 2.07. The number of para-hydroxylation sites is 1. The fraction of sp³-hybridized carbons (Fsp3) is 0.200. The average molecular weight is 205 g/mol. The molecule has 0 aliphatic rings. The monoisotopic (exact) mass is 205 g/mol. The molecule has 0 saturated heterocycles. The van der Waals surface area contributed by atoms with Gasteiger partial charge in [0.05, 0.1) is 19.3 Å². The van der Waals surface area contributed by atoms with Gasteiger partial charge in [-0.1, -0.05) is 17.3 Å². The number of phenols is 1. The van der Waals surface area contributed by atoms with Gasteiger partial charge in [-0.15, -0.1) is 5.10 Å². The normalized spacial score (nSPS) is 10.5. The maximum atomic E-state index is 9.58. The molecular formula is C10H11N3O2. The van der Waals surface area contributed by atoms with Gasteiger partial charge in [-0.2, -0.15) is 0 Å². The molecule has 0 fully saturated rings. The van der Waals surface area contributed by atoms with Gasteiger partial charge in [-0.3, -0.25) is 0 Å². The molecule has 78 valence electrons. The molecular weight excluding hydrogens is 194 g/mol. The predicted molar refractivity (Wildman–Crippen MR) is 54.2 cm³/mol. The first-order valence-electron chi connectivity index (χ1n) is 4.60. The van der Waals surface area contributed by atoms with Crippen LogP contribution in [0, 0.1) is 0 Å². The number of aromatic hydroxyl groups is 1. The summed E-state index contributed by atoms with van der Waals surface area (Å²) in [6.07, 6.45) is 1.69. The number of rotatable bonds is 3. The second-order valence-corrected chi connectivity index (χ2v) is 3.11. The quantitative estimate of drug-likeness (QED) is 0.771. The van der Waals surface area contributed by atoms with E-state index in [9.17, 15) is 5.11 Å². The van der Waals surface area contributed by atoms with Crippen LogP contribution in [0.15, 0.2) is 30.5 Å². The minimum Gasteiger partial charge on any atom is -0.507 e. The highest BCUT2D eigenvalue weighted by Crippen LogP contribution is 2.26. The lowest BCUT2D eigenvalue weighted by Gasteiger charge is -1.98. The Balaban J connectivity index is 2.33. The first-order chi connectivity index (χ1) is 7.31. The fourth-order valence-corrected chi connectivity index (χ4v) is 1.32. The Bertz CT molecular complexity index is 453.